The van der Waals surface area contributed by atoms with Crippen molar-refractivity contribution < 1.29 is 13.9 Å². The number of carbonyl (C=O) groups excluding carboxylic acids is 1. The van der Waals surface area contributed by atoms with E-state index in [1.54, 1.807) is 12.5 Å². The lowest BCUT2D eigenvalue weighted by molar-refractivity contribution is 0.0302. The number of aromatic nitrogens is 1. The summed E-state index contributed by atoms with van der Waals surface area (Å²) in [5.41, 5.74) is 0.635. The molecule has 0 unspecified atom stereocenters. The van der Waals surface area contributed by atoms with Gasteiger partial charge in [-0.2, -0.15) is 0 Å². The number of hydrogen-bond donors (Lipinski definition) is 1. The van der Waals surface area contributed by atoms with E-state index < -0.39 is 0 Å². The minimum atomic E-state index is 0.0311. The second kappa shape index (κ2) is 8.54. The van der Waals surface area contributed by atoms with E-state index in [2.05, 4.69) is 15.2 Å². The van der Waals surface area contributed by atoms with Crippen molar-refractivity contribution in [2.75, 3.05) is 44.7 Å². The maximum Gasteiger partial charge on any atom is 0.255 e. The van der Waals surface area contributed by atoms with Crippen LogP contribution in [0.3, 0.4) is 0 Å². The van der Waals surface area contributed by atoms with Crippen LogP contribution >= 0.6 is 0 Å². The maximum absolute atomic E-state index is 12.5. The van der Waals surface area contributed by atoms with Crippen LogP contribution < -0.4 is 5.32 Å². The Morgan fingerprint density at radius 3 is 2.63 bits per heavy atom. The van der Waals surface area contributed by atoms with E-state index in [4.69, 9.17) is 9.15 Å². The summed E-state index contributed by atoms with van der Waals surface area (Å²) >= 11 is 0. The Morgan fingerprint density at radius 2 is 1.96 bits per heavy atom. The molecule has 0 bridgehead atoms. The quantitative estimate of drug-likeness (QED) is 0.870. The normalized spacial score (nSPS) is 19.2. The molecule has 0 saturated carbocycles. The van der Waals surface area contributed by atoms with E-state index in [1.165, 1.54) is 0 Å². The molecule has 0 aliphatic carbocycles. The molecule has 144 valence electrons. The van der Waals surface area contributed by atoms with Crippen molar-refractivity contribution in [1.29, 1.82) is 0 Å². The fraction of sp³-hybridized carbons (Fsp3) is 0.500. The summed E-state index contributed by atoms with van der Waals surface area (Å²) in [7, 11) is 0. The van der Waals surface area contributed by atoms with Crippen LogP contribution in [0.1, 0.15) is 29.0 Å². The lowest BCUT2D eigenvalue weighted by Gasteiger charge is -2.32. The van der Waals surface area contributed by atoms with E-state index in [0.717, 1.165) is 44.1 Å². The van der Waals surface area contributed by atoms with Crippen molar-refractivity contribution in [2.24, 2.45) is 0 Å². The van der Waals surface area contributed by atoms with Gasteiger partial charge in [-0.3, -0.25) is 9.69 Å². The second-order valence-corrected chi connectivity index (χ2v) is 7.11. The fourth-order valence-corrected chi connectivity index (χ4v) is 3.62. The lowest BCUT2D eigenvalue weighted by atomic mass is 10.0. The molecule has 0 atom stereocenters. The first-order valence-electron chi connectivity index (χ1n) is 9.62. The van der Waals surface area contributed by atoms with Crippen molar-refractivity contribution in [3.8, 4) is 0 Å². The van der Waals surface area contributed by atoms with Crippen molar-refractivity contribution in [3.63, 3.8) is 0 Å². The number of piperidine rings is 1. The van der Waals surface area contributed by atoms with Gasteiger partial charge in [0.05, 0.1) is 31.6 Å². The molecule has 7 heteroatoms. The van der Waals surface area contributed by atoms with Crippen molar-refractivity contribution in [3.05, 3.63) is 48.0 Å². The number of nitrogens with zero attached hydrogens (tertiary/aromatic N) is 3. The monoisotopic (exact) mass is 370 g/mol. The molecule has 2 aliphatic rings. The Hall–Kier alpha value is -2.38. The zero-order valence-electron chi connectivity index (χ0n) is 15.5. The highest BCUT2D eigenvalue weighted by atomic mass is 16.5. The van der Waals surface area contributed by atoms with Crippen molar-refractivity contribution >= 4 is 11.7 Å². The number of rotatable bonds is 5. The first kappa shape index (κ1) is 18.0. The van der Waals surface area contributed by atoms with Crippen LogP contribution in [0.2, 0.25) is 0 Å². The minimum absolute atomic E-state index is 0.0311. The third-order valence-corrected chi connectivity index (χ3v) is 5.21. The second-order valence-electron chi connectivity index (χ2n) is 7.11. The van der Waals surface area contributed by atoms with Crippen molar-refractivity contribution in [2.45, 2.75) is 25.4 Å². The summed E-state index contributed by atoms with van der Waals surface area (Å²) in [6.45, 7) is 5.45. The summed E-state index contributed by atoms with van der Waals surface area (Å²) in [5.74, 6) is 1.88. The number of pyridine rings is 1. The predicted molar refractivity (Wildman–Crippen MR) is 102 cm³/mol. The zero-order chi connectivity index (χ0) is 18.5. The van der Waals surface area contributed by atoms with E-state index >= 15 is 0 Å². The number of ether oxygens (including phenoxy) is 1. The number of nitrogens with one attached hydrogen (secondary N) is 1. The molecule has 2 aliphatic heterocycles. The van der Waals surface area contributed by atoms with Gasteiger partial charge in [-0.1, -0.05) is 0 Å². The number of hydrogen-bond acceptors (Lipinski definition) is 6. The molecule has 2 aromatic rings. The molecule has 4 rings (SSSR count). The van der Waals surface area contributed by atoms with Crippen LogP contribution in [0.5, 0.6) is 0 Å². The van der Waals surface area contributed by atoms with E-state index in [1.807, 2.05) is 29.2 Å². The largest absolute Gasteiger partial charge is 0.468 e. The summed E-state index contributed by atoms with van der Waals surface area (Å²) in [6, 6.07) is 8.13. The summed E-state index contributed by atoms with van der Waals surface area (Å²) in [6.07, 6.45) is 5.53. The van der Waals surface area contributed by atoms with E-state index in [-0.39, 0.29) is 5.91 Å². The van der Waals surface area contributed by atoms with Crippen LogP contribution in [-0.4, -0.2) is 66.1 Å². The Labute approximate surface area is 159 Å². The standard InChI is InChI=1S/C20H26N4O3/c25-20(24-9-12-26-13-10-24)16-3-4-19(21-14-16)22-17-5-7-23(8-6-17)15-18-2-1-11-27-18/h1-4,11,14,17H,5-10,12-13,15H2,(H,21,22). The topological polar surface area (TPSA) is 70.8 Å². The predicted octanol–water partition coefficient (Wildman–Crippen LogP) is 2.22. The molecule has 4 heterocycles. The van der Waals surface area contributed by atoms with Gasteiger partial charge in [0.1, 0.15) is 11.6 Å². The number of likely N-dealkylation sites (tertiary alicyclic amines) is 1. The van der Waals surface area contributed by atoms with Crippen molar-refractivity contribution in [1.82, 2.24) is 14.8 Å². The highest BCUT2D eigenvalue weighted by Gasteiger charge is 2.21. The third kappa shape index (κ3) is 4.67. The fourth-order valence-electron chi connectivity index (χ4n) is 3.62. The zero-order valence-corrected chi connectivity index (χ0v) is 15.5. The summed E-state index contributed by atoms with van der Waals surface area (Å²) < 4.78 is 10.7. The van der Waals surface area contributed by atoms with Crippen LogP contribution in [0.25, 0.3) is 0 Å². The van der Waals surface area contributed by atoms with Gasteiger partial charge in [0.25, 0.3) is 5.91 Å². The maximum atomic E-state index is 12.5. The van der Waals surface area contributed by atoms with Gasteiger partial charge < -0.3 is 19.4 Å². The van der Waals surface area contributed by atoms with Gasteiger partial charge in [-0.05, 0) is 37.1 Å². The number of morpholine rings is 1. The smallest absolute Gasteiger partial charge is 0.255 e. The molecule has 0 aromatic carbocycles. The van der Waals surface area contributed by atoms with Gasteiger partial charge in [0.15, 0.2) is 0 Å². The Bertz CT molecular complexity index is 718. The van der Waals surface area contributed by atoms with Gasteiger partial charge in [-0.15, -0.1) is 0 Å². The van der Waals surface area contributed by atoms with Crippen LogP contribution in [0.4, 0.5) is 5.82 Å². The SMILES string of the molecule is O=C(c1ccc(NC2CCN(Cc3ccco3)CC2)nc1)N1CCOCC1. The van der Waals surface area contributed by atoms with Crippen LogP contribution in [-0.2, 0) is 11.3 Å². The average Bonchev–Trinajstić information content (AvgIpc) is 3.23. The molecule has 2 saturated heterocycles. The van der Waals surface area contributed by atoms with Gasteiger partial charge in [0.2, 0.25) is 0 Å². The molecular formula is C20H26N4O3. The van der Waals surface area contributed by atoms with E-state index in [9.17, 15) is 4.79 Å². The molecule has 2 aromatic heterocycles. The molecule has 27 heavy (non-hydrogen) atoms. The molecular weight excluding hydrogens is 344 g/mol. The number of amides is 1. The highest BCUT2D eigenvalue weighted by molar-refractivity contribution is 5.94. The molecule has 2 fully saturated rings. The summed E-state index contributed by atoms with van der Waals surface area (Å²) in [5, 5.41) is 3.50. The molecule has 7 nitrogen and oxygen atoms in total. The third-order valence-electron chi connectivity index (χ3n) is 5.21. The minimum Gasteiger partial charge on any atom is -0.468 e. The molecule has 0 radical (unpaired) electrons. The highest BCUT2D eigenvalue weighted by Crippen LogP contribution is 2.18. The average molecular weight is 370 g/mol. The lowest BCUT2D eigenvalue weighted by Crippen LogP contribution is -2.40. The number of anilines is 1. The Balaban J connectivity index is 1.26. The van der Waals surface area contributed by atoms with Crippen LogP contribution in [0.15, 0.2) is 41.1 Å². The van der Waals surface area contributed by atoms with Gasteiger partial charge in [0, 0.05) is 38.4 Å². The van der Waals surface area contributed by atoms with Crippen LogP contribution in [0, 0.1) is 0 Å². The Kier molecular flexibility index (Phi) is 5.69. The molecule has 1 amide bonds. The molecule has 0 spiro atoms. The number of furan rings is 1. The molecule has 1 N–H and O–H groups in total. The van der Waals surface area contributed by atoms with Gasteiger partial charge >= 0.3 is 0 Å². The Morgan fingerprint density at radius 1 is 1.15 bits per heavy atom. The first-order chi connectivity index (χ1) is 13.3. The summed E-state index contributed by atoms with van der Waals surface area (Å²) in [4.78, 5) is 21.1. The van der Waals surface area contributed by atoms with Gasteiger partial charge in [-0.25, -0.2) is 4.98 Å². The first-order valence-corrected chi connectivity index (χ1v) is 9.62. The number of carbonyl (C=O) groups is 1. The van der Waals surface area contributed by atoms with E-state index in [0.29, 0.717) is 37.9 Å².